The highest BCUT2D eigenvalue weighted by molar-refractivity contribution is 5.94. The zero-order valence-electron chi connectivity index (χ0n) is 13.7. The lowest BCUT2D eigenvalue weighted by atomic mass is 9.85. The molecular formula is C18H27NO2. The highest BCUT2D eigenvalue weighted by Crippen LogP contribution is 2.31. The predicted molar refractivity (Wildman–Crippen MR) is 85.9 cm³/mol. The summed E-state index contributed by atoms with van der Waals surface area (Å²) in [4.78, 5) is 14.1. The number of hydrogen-bond acceptors (Lipinski definition) is 3. The van der Waals surface area contributed by atoms with Crippen molar-refractivity contribution in [3.8, 4) is 5.75 Å². The number of methoxy groups -OCH3 is 1. The Bertz CT molecular complexity index is 508. The van der Waals surface area contributed by atoms with Gasteiger partial charge in [0.05, 0.1) is 7.11 Å². The highest BCUT2D eigenvalue weighted by Gasteiger charge is 2.23. The first-order valence-corrected chi connectivity index (χ1v) is 7.81. The van der Waals surface area contributed by atoms with Gasteiger partial charge in [-0.25, -0.2) is 0 Å². The van der Waals surface area contributed by atoms with Gasteiger partial charge in [-0.15, -0.1) is 0 Å². The molecule has 0 unspecified atom stereocenters. The maximum absolute atomic E-state index is 11.6. The van der Waals surface area contributed by atoms with E-state index in [1.807, 2.05) is 18.2 Å². The zero-order chi connectivity index (χ0) is 15.5. The molecule has 0 saturated carbocycles. The van der Waals surface area contributed by atoms with Crippen LogP contribution in [-0.4, -0.2) is 30.9 Å². The van der Waals surface area contributed by atoms with Gasteiger partial charge in [-0.1, -0.05) is 13.8 Å². The molecule has 21 heavy (non-hydrogen) atoms. The minimum atomic E-state index is 0.107. The van der Waals surface area contributed by atoms with Gasteiger partial charge in [0.15, 0.2) is 5.78 Å². The lowest BCUT2D eigenvalue weighted by molar-refractivity contribution is 0.101. The van der Waals surface area contributed by atoms with E-state index in [2.05, 4.69) is 18.7 Å². The molecule has 116 valence electrons. The molecule has 1 aromatic rings. The molecule has 0 aromatic heterocycles. The summed E-state index contributed by atoms with van der Waals surface area (Å²) in [5.41, 5.74) is 2.32. The molecule has 3 heteroatoms. The van der Waals surface area contributed by atoms with E-state index in [-0.39, 0.29) is 5.78 Å². The van der Waals surface area contributed by atoms with Crippen molar-refractivity contribution in [1.82, 2.24) is 4.90 Å². The number of ether oxygens (including phenoxy) is 1. The van der Waals surface area contributed by atoms with Gasteiger partial charge in [-0.05, 0) is 62.9 Å². The number of rotatable bonds is 4. The first-order valence-electron chi connectivity index (χ1n) is 7.81. The molecule has 0 amide bonds. The van der Waals surface area contributed by atoms with E-state index >= 15 is 0 Å². The fourth-order valence-electron chi connectivity index (χ4n) is 3.00. The van der Waals surface area contributed by atoms with Crippen LogP contribution in [0.4, 0.5) is 0 Å². The Hall–Kier alpha value is -1.35. The maximum Gasteiger partial charge on any atom is 0.159 e. The molecule has 0 radical (unpaired) electrons. The summed E-state index contributed by atoms with van der Waals surface area (Å²) >= 11 is 0. The maximum atomic E-state index is 11.6. The van der Waals surface area contributed by atoms with Gasteiger partial charge >= 0.3 is 0 Å². The average molecular weight is 289 g/mol. The minimum absolute atomic E-state index is 0.107. The molecule has 0 N–H and O–H groups in total. The number of benzene rings is 1. The summed E-state index contributed by atoms with van der Waals surface area (Å²) in [7, 11) is 1.69. The van der Waals surface area contributed by atoms with E-state index in [0.29, 0.717) is 5.41 Å². The largest absolute Gasteiger partial charge is 0.496 e. The number of likely N-dealkylation sites (tertiary alicyclic amines) is 1. The summed E-state index contributed by atoms with van der Waals surface area (Å²) < 4.78 is 5.46. The highest BCUT2D eigenvalue weighted by atomic mass is 16.5. The number of carbonyl (C=O) groups excluding carboxylic acids is 1. The Morgan fingerprint density at radius 3 is 2.71 bits per heavy atom. The summed E-state index contributed by atoms with van der Waals surface area (Å²) in [6.07, 6.45) is 3.75. The minimum Gasteiger partial charge on any atom is -0.496 e. The van der Waals surface area contributed by atoms with Crippen LogP contribution in [0.3, 0.4) is 0 Å². The van der Waals surface area contributed by atoms with E-state index < -0.39 is 0 Å². The number of hydrogen-bond donors (Lipinski definition) is 0. The van der Waals surface area contributed by atoms with Crippen molar-refractivity contribution >= 4 is 5.78 Å². The van der Waals surface area contributed by atoms with Crippen LogP contribution in [0.15, 0.2) is 18.2 Å². The van der Waals surface area contributed by atoms with Crippen LogP contribution < -0.4 is 4.74 Å². The molecule has 0 bridgehead atoms. The lowest BCUT2D eigenvalue weighted by Gasteiger charge is -2.24. The Kier molecular flexibility index (Phi) is 5.04. The monoisotopic (exact) mass is 289 g/mol. The van der Waals surface area contributed by atoms with Crippen molar-refractivity contribution in [2.24, 2.45) is 5.41 Å². The Labute approximate surface area is 128 Å². The fourth-order valence-corrected chi connectivity index (χ4v) is 3.00. The van der Waals surface area contributed by atoms with Crippen molar-refractivity contribution in [1.29, 1.82) is 0 Å². The fraction of sp³-hybridized carbons (Fsp3) is 0.611. The second-order valence-corrected chi connectivity index (χ2v) is 6.88. The van der Waals surface area contributed by atoms with Crippen LogP contribution in [0.1, 0.15) is 56.0 Å². The molecule has 1 aliphatic rings. The number of Topliss-reactive ketones (excluding diaryl/α,β-unsaturated/α-hetero) is 1. The van der Waals surface area contributed by atoms with Crippen molar-refractivity contribution in [2.45, 2.75) is 46.6 Å². The standard InChI is InChI=1S/C18H27NO2/c1-14(20)15-6-7-17(21-4)16(12-15)13-19-10-5-8-18(2,3)9-11-19/h6-7,12H,5,8-11,13H2,1-4H3. The number of nitrogens with zero attached hydrogens (tertiary/aromatic N) is 1. The zero-order valence-corrected chi connectivity index (χ0v) is 13.7. The quantitative estimate of drug-likeness (QED) is 0.787. The number of carbonyl (C=O) groups is 1. The Morgan fingerprint density at radius 1 is 1.29 bits per heavy atom. The normalized spacial score (nSPS) is 19.0. The second kappa shape index (κ2) is 6.61. The molecule has 2 rings (SSSR count). The van der Waals surface area contributed by atoms with Crippen LogP contribution >= 0.6 is 0 Å². The lowest BCUT2D eigenvalue weighted by Crippen LogP contribution is -2.25. The van der Waals surface area contributed by atoms with Crippen LogP contribution in [0, 0.1) is 5.41 Å². The van der Waals surface area contributed by atoms with Crippen molar-refractivity contribution in [3.05, 3.63) is 29.3 Å². The second-order valence-electron chi connectivity index (χ2n) is 6.88. The van der Waals surface area contributed by atoms with Crippen molar-refractivity contribution in [2.75, 3.05) is 20.2 Å². The first kappa shape index (κ1) is 16.0. The van der Waals surface area contributed by atoms with Gasteiger partial charge in [0.1, 0.15) is 5.75 Å². The van der Waals surface area contributed by atoms with Crippen LogP contribution in [0.5, 0.6) is 5.75 Å². The smallest absolute Gasteiger partial charge is 0.159 e. The topological polar surface area (TPSA) is 29.5 Å². The van der Waals surface area contributed by atoms with E-state index in [1.165, 1.54) is 19.3 Å². The SMILES string of the molecule is COc1ccc(C(C)=O)cc1CN1CCCC(C)(C)CC1. The summed E-state index contributed by atoms with van der Waals surface area (Å²) in [6.45, 7) is 9.42. The molecular weight excluding hydrogens is 262 g/mol. The Balaban J connectivity index is 2.14. The molecule has 0 atom stereocenters. The van der Waals surface area contributed by atoms with Gasteiger partial charge in [-0.2, -0.15) is 0 Å². The van der Waals surface area contributed by atoms with Crippen molar-refractivity contribution < 1.29 is 9.53 Å². The Morgan fingerprint density at radius 2 is 2.05 bits per heavy atom. The third-order valence-electron chi connectivity index (χ3n) is 4.51. The molecule has 1 heterocycles. The van der Waals surface area contributed by atoms with Gasteiger partial charge < -0.3 is 4.74 Å². The molecule has 1 aliphatic heterocycles. The molecule has 0 spiro atoms. The van der Waals surface area contributed by atoms with Crippen LogP contribution in [0.25, 0.3) is 0 Å². The summed E-state index contributed by atoms with van der Waals surface area (Å²) in [5, 5.41) is 0. The van der Waals surface area contributed by atoms with Gasteiger partial charge in [-0.3, -0.25) is 9.69 Å². The third kappa shape index (κ3) is 4.31. The summed E-state index contributed by atoms with van der Waals surface area (Å²) in [6, 6.07) is 5.74. The van der Waals surface area contributed by atoms with Crippen LogP contribution in [0.2, 0.25) is 0 Å². The van der Waals surface area contributed by atoms with Crippen molar-refractivity contribution in [3.63, 3.8) is 0 Å². The van der Waals surface area contributed by atoms with Gasteiger partial charge in [0.2, 0.25) is 0 Å². The molecule has 1 fully saturated rings. The third-order valence-corrected chi connectivity index (χ3v) is 4.51. The predicted octanol–water partition coefficient (Wildman–Crippen LogP) is 3.91. The number of ketones is 1. The average Bonchev–Trinajstić information content (AvgIpc) is 2.60. The van der Waals surface area contributed by atoms with E-state index in [9.17, 15) is 4.79 Å². The van der Waals surface area contributed by atoms with E-state index in [0.717, 1.165) is 36.5 Å². The first-order chi connectivity index (χ1) is 9.91. The van der Waals surface area contributed by atoms with Gasteiger partial charge in [0, 0.05) is 17.7 Å². The molecule has 1 saturated heterocycles. The van der Waals surface area contributed by atoms with Gasteiger partial charge in [0.25, 0.3) is 0 Å². The van der Waals surface area contributed by atoms with E-state index in [1.54, 1.807) is 14.0 Å². The molecule has 1 aromatic carbocycles. The van der Waals surface area contributed by atoms with Crippen LogP contribution in [-0.2, 0) is 6.54 Å². The summed E-state index contributed by atoms with van der Waals surface area (Å²) in [5.74, 6) is 0.986. The van der Waals surface area contributed by atoms with E-state index in [4.69, 9.17) is 4.74 Å². The molecule has 3 nitrogen and oxygen atoms in total. The molecule has 0 aliphatic carbocycles.